The normalized spacial score (nSPS) is 12.0. The monoisotopic (exact) mass is 345 g/mol. The maximum atomic E-state index is 13.7. The molecule has 1 aromatic carbocycles. The predicted molar refractivity (Wildman–Crippen MR) is 77.3 cm³/mol. The molecule has 1 atom stereocenters. The molecule has 20 heavy (non-hydrogen) atoms. The quantitative estimate of drug-likeness (QED) is 0.831. The third-order valence-corrected chi connectivity index (χ3v) is 3.98. The first-order chi connectivity index (χ1) is 9.38. The molecule has 0 heterocycles. The van der Waals surface area contributed by atoms with Crippen molar-refractivity contribution in [2.24, 2.45) is 0 Å². The number of carboxylic acids is 1. The van der Waals surface area contributed by atoms with E-state index in [1.807, 2.05) is 6.92 Å². The molecule has 0 radical (unpaired) electrons. The summed E-state index contributed by atoms with van der Waals surface area (Å²) in [5.74, 6) is -2.52. The van der Waals surface area contributed by atoms with Crippen LogP contribution in [0.2, 0.25) is 0 Å². The van der Waals surface area contributed by atoms with Gasteiger partial charge in [0.15, 0.2) is 0 Å². The zero-order chi connectivity index (χ0) is 15.3. The minimum Gasteiger partial charge on any atom is -0.480 e. The van der Waals surface area contributed by atoms with Crippen LogP contribution in [-0.4, -0.2) is 23.0 Å². The molecule has 0 unspecified atom stereocenters. The molecule has 1 rings (SSSR count). The highest BCUT2D eigenvalue weighted by Crippen LogP contribution is 2.24. The maximum absolute atomic E-state index is 13.7. The van der Waals surface area contributed by atoms with Crippen LogP contribution in [0.25, 0.3) is 0 Å². The number of unbranched alkanes of at least 4 members (excludes halogenated alkanes) is 1. The molecule has 1 amide bonds. The number of hydrogen-bond acceptors (Lipinski definition) is 2. The largest absolute Gasteiger partial charge is 0.480 e. The summed E-state index contributed by atoms with van der Waals surface area (Å²) in [6, 6.07) is 1.73. The first kappa shape index (κ1) is 16.6. The smallest absolute Gasteiger partial charge is 0.326 e. The Labute approximate surface area is 125 Å². The van der Waals surface area contributed by atoms with Crippen molar-refractivity contribution in [1.82, 2.24) is 5.32 Å². The van der Waals surface area contributed by atoms with Crippen molar-refractivity contribution < 1.29 is 19.1 Å². The summed E-state index contributed by atoms with van der Waals surface area (Å²) in [5.41, 5.74) is 0.546. The first-order valence-electron chi connectivity index (χ1n) is 6.36. The van der Waals surface area contributed by atoms with Gasteiger partial charge in [0, 0.05) is 4.47 Å². The van der Waals surface area contributed by atoms with Crippen LogP contribution in [0.4, 0.5) is 4.39 Å². The van der Waals surface area contributed by atoms with Gasteiger partial charge in [-0.25, -0.2) is 9.18 Å². The highest BCUT2D eigenvalue weighted by Gasteiger charge is 2.23. The number of halogens is 2. The lowest BCUT2D eigenvalue weighted by atomic mass is 10.1. The molecule has 1 aromatic rings. The summed E-state index contributed by atoms with van der Waals surface area (Å²) in [6.07, 6.45) is 1.82. The van der Waals surface area contributed by atoms with Crippen molar-refractivity contribution in [2.75, 3.05) is 0 Å². The van der Waals surface area contributed by atoms with E-state index >= 15 is 0 Å². The second-order valence-corrected chi connectivity index (χ2v) is 5.35. The number of aryl methyl sites for hydroxylation is 1. The Morgan fingerprint density at radius 2 is 2.10 bits per heavy atom. The van der Waals surface area contributed by atoms with E-state index in [0.717, 1.165) is 6.42 Å². The fraction of sp³-hybridized carbons (Fsp3) is 0.429. The zero-order valence-electron chi connectivity index (χ0n) is 11.4. The van der Waals surface area contributed by atoms with E-state index in [9.17, 15) is 14.0 Å². The van der Waals surface area contributed by atoms with Gasteiger partial charge in [-0.05, 0) is 40.9 Å². The molecule has 0 aliphatic carbocycles. The molecular weight excluding hydrogens is 329 g/mol. The average molecular weight is 346 g/mol. The molecule has 6 heteroatoms. The van der Waals surface area contributed by atoms with Crippen molar-refractivity contribution in [2.45, 2.75) is 39.2 Å². The van der Waals surface area contributed by atoms with Crippen LogP contribution in [0, 0.1) is 12.7 Å². The Morgan fingerprint density at radius 3 is 2.65 bits per heavy atom. The number of aliphatic carboxylic acids is 1. The fourth-order valence-corrected chi connectivity index (χ4v) is 2.26. The maximum Gasteiger partial charge on any atom is 0.326 e. The van der Waals surface area contributed by atoms with Crippen molar-refractivity contribution in [3.63, 3.8) is 0 Å². The van der Waals surface area contributed by atoms with Crippen LogP contribution in [0.3, 0.4) is 0 Å². The van der Waals surface area contributed by atoms with Gasteiger partial charge in [0.2, 0.25) is 0 Å². The molecular formula is C14H17BrFNO3. The minimum absolute atomic E-state index is 0.159. The van der Waals surface area contributed by atoms with Crippen molar-refractivity contribution in [3.8, 4) is 0 Å². The van der Waals surface area contributed by atoms with E-state index in [-0.39, 0.29) is 5.56 Å². The van der Waals surface area contributed by atoms with E-state index in [0.29, 0.717) is 22.9 Å². The first-order valence-corrected chi connectivity index (χ1v) is 7.16. The van der Waals surface area contributed by atoms with Crippen LogP contribution in [0.1, 0.15) is 42.1 Å². The minimum atomic E-state index is -1.11. The Bertz CT molecular complexity index is 519. The number of carboxylic acid groups (broad SMARTS) is 1. The third-order valence-electron chi connectivity index (χ3n) is 2.96. The molecule has 0 aromatic heterocycles. The second kappa shape index (κ2) is 7.38. The Kier molecular flexibility index (Phi) is 6.13. The number of hydrogen-bond donors (Lipinski definition) is 2. The number of carbonyl (C=O) groups is 2. The topological polar surface area (TPSA) is 66.4 Å². The summed E-state index contributed by atoms with van der Waals surface area (Å²) in [4.78, 5) is 23.2. The van der Waals surface area contributed by atoms with Crippen LogP contribution >= 0.6 is 15.9 Å². The number of benzene rings is 1. The molecule has 4 nitrogen and oxygen atoms in total. The highest BCUT2D eigenvalue weighted by molar-refractivity contribution is 9.10. The lowest BCUT2D eigenvalue weighted by molar-refractivity contribution is -0.139. The lowest BCUT2D eigenvalue weighted by Gasteiger charge is -2.15. The van der Waals surface area contributed by atoms with E-state index in [2.05, 4.69) is 21.2 Å². The van der Waals surface area contributed by atoms with E-state index in [1.54, 1.807) is 13.0 Å². The summed E-state index contributed by atoms with van der Waals surface area (Å²) in [7, 11) is 0. The van der Waals surface area contributed by atoms with Gasteiger partial charge in [0.1, 0.15) is 11.9 Å². The summed E-state index contributed by atoms with van der Waals surface area (Å²) >= 11 is 3.16. The SMILES string of the molecule is CCCC[C@H](NC(=O)c1c(F)ccc(C)c1Br)C(=O)O. The number of nitrogens with one attached hydrogen (secondary N) is 1. The van der Waals surface area contributed by atoms with Crippen molar-refractivity contribution >= 4 is 27.8 Å². The van der Waals surface area contributed by atoms with E-state index in [1.165, 1.54) is 6.07 Å². The standard InChI is InChI=1S/C14H17BrFNO3/c1-3-4-5-10(14(19)20)17-13(18)11-9(16)7-6-8(2)12(11)15/h6-7,10H,3-5H2,1-2H3,(H,17,18)(H,19,20)/t10-/m0/s1. The van der Waals surface area contributed by atoms with Gasteiger partial charge < -0.3 is 10.4 Å². The average Bonchev–Trinajstić information content (AvgIpc) is 2.39. The van der Waals surface area contributed by atoms with Crippen LogP contribution < -0.4 is 5.32 Å². The van der Waals surface area contributed by atoms with E-state index < -0.39 is 23.7 Å². The zero-order valence-corrected chi connectivity index (χ0v) is 13.0. The van der Waals surface area contributed by atoms with Gasteiger partial charge >= 0.3 is 5.97 Å². The molecule has 0 aliphatic heterocycles. The van der Waals surface area contributed by atoms with Gasteiger partial charge in [-0.15, -0.1) is 0 Å². The highest BCUT2D eigenvalue weighted by atomic mass is 79.9. The Balaban J connectivity index is 2.95. The summed E-state index contributed by atoms with van der Waals surface area (Å²) < 4.78 is 14.1. The molecule has 0 spiro atoms. The molecule has 0 saturated carbocycles. The number of carbonyl (C=O) groups excluding carboxylic acids is 1. The van der Waals surface area contributed by atoms with Gasteiger partial charge in [0.05, 0.1) is 5.56 Å². The van der Waals surface area contributed by atoms with Crippen molar-refractivity contribution in [3.05, 3.63) is 33.5 Å². The molecule has 0 fully saturated rings. The van der Waals surface area contributed by atoms with Gasteiger partial charge in [0.25, 0.3) is 5.91 Å². The number of rotatable bonds is 6. The van der Waals surface area contributed by atoms with Gasteiger partial charge in [-0.1, -0.05) is 25.8 Å². The Hall–Kier alpha value is -1.43. The molecule has 0 aliphatic rings. The second-order valence-electron chi connectivity index (χ2n) is 4.56. The molecule has 110 valence electrons. The fourth-order valence-electron chi connectivity index (χ4n) is 1.76. The third kappa shape index (κ3) is 4.03. The van der Waals surface area contributed by atoms with Crippen LogP contribution in [-0.2, 0) is 4.79 Å². The van der Waals surface area contributed by atoms with Crippen LogP contribution in [0.15, 0.2) is 16.6 Å². The van der Waals surface area contributed by atoms with E-state index in [4.69, 9.17) is 5.11 Å². The van der Waals surface area contributed by atoms with Crippen LogP contribution in [0.5, 0.6) is 0 Å². The lowest BCUT2D eigenvalue weighted by Crippen LogP contribution is -2.41. The molecule has 2 N–H and O–H groups in total. The summed E-state index contributed by atoms with van der Waals surface area (Å²) in [5, 5.41) is 11.4. The van der Waals surface area contributed by atoms with Crippen molar-refractivity contribution in [1.29, 1.82) is 0 Å². The van der Waals surface area contributed by atoms with Gasteiger partial charge in [-0.2, -0.15) is 0 Å². The Morgan fingerprint density at radius 1 is 1.45 bits per heavy atom. The predicted octanol–water partition coefficient (Wildman–Crippen LogP) is 3.27. The molecule has 0 saturated heterocycles. The van der Waals surface area contributed by atoms with Gasteiger partial charge in [-0.3, -0.25) is 4.79 Å². The summed E-state index contributed by atoms with van der Waals surface area (Å²) in [6.45, 7) is 3.66. The number of amides is 1. The molecule has 0 bridgehead atoms.